The zero-order chi connectivity index (χ0) is 14.3. The number of aliphatic hydroxyl groups excluding tert-OH is 1. The van der Waals surface area contributed by atoms with Gasteiger partial charge >= 0.3 is 33.5 Å². The Kier molecular flexibility index (Phi) is 24.1. The summed E-state index contributed by atoms with van der Waals surface area (Å²) in [5.74, 6) is 0. The monoisotopic (exact) mass is 310 g/mol. The smallest absolute Gasteiger partial charge is 1.00 e. The minimum atomic E-state index is -4.67. The Morgan fingerprint density at radius 3 is 1.32 bits per heavy atom. The molecule has 0 saturated heterocycles. The van der Waals surface area contributed by atoms with Crippen molar-refractivity contribution in [3.63, 3.8) is 0 Å². The molecular formula is C12H30MgO5S. The molecule has 0 atom stereocenters. The Labute approximate surface area is 136 Å². The summed E-state index contributed by atoms with van der Waals surface area (Å²) >= 11 is 0. The van der Waals surface area contributed by atoms with Crippen LogP contribution in [-0.2, 0) is 10.4 Å². The van der Waals surface area contributed by atoms with Crippen molar-refractivity contribution in [2.75, 3.05) is 6.61 Å². The summed E-state index contributed by atoms with van der Waals surface area (Å²) in [5.41, 5.74) is 0. The molecule has 0 aliphatic heterocycles. The molecule has 0 aromatic heterocycles. The number of hydrogen-bond acceptors (Lipinski definition) is 3. The van der Waals surface area contributed by atoms with Crippen molar-refractivity contribution in [1.82, 2.24) is 0 Å². The number of hydrogen-bond donors (Lipinski definition) is 3. The molecule has 0 fully saturated rings. The van der Waals surface area contributed by atoms with Gasteiger partial charge in [0.15, 0.2) is 0 Å². The van der Waals surface area contributed by atoms with Gasteiger partial charge in [0.1, 0.15) is 0 Å². The van der Waals surface area contributed by atoms with E-state index >= 15 is 0 Å². The van der Waals surface area contributed by atoms with Gasteiger partial charge in [-0.25, -0.2) is 0 Å². The van der Waals surface area contributed by atoms with Crippen LogP contribution < -0.4 is 0 Å². The van der Waals surface area contributed by atoms with Crippen molar-refractivity contribution >= 4 is 33.5 Å². The van der Waals surface area contributed by atoms with Crippen LogP contribution in [0.25, 0.3) is 0 Å². The third-order valence-corrected chi connectivity index (χ3v) is 2.51. The second kappa shape index (κ2) is 18.6. The van der Waals surface area contributed by atoms with Gasteiger partial charge < -0.3 is 7.96 Å². The van der Waals surface area contributed by atoms with E-state index in [4.69, 9.17) is 22.6 Å². The molecule has 0 aromatic carbocycles. The summed E-state index contributed by atoms with van der Waals surface area (Å²) in [6.45, 7) is 2.63. The van der Waals surface area contributed by atoms with E-state index in [-0.39, 0.29) is 25.9 Å². The number of unbranched alkanes of at least 4 members (excludes halogenated alkanes) is 9. The van der Waals surface area contributed by atoms with Crippen molar-refractivity contribution in [2.24, 2.45) is 0 Å². The van der Waals surface area contributed by atoms with Crippen LogP contribution in [0.4, 0.5) is 0 Å². The molecule has 0 amide bonds. The van der Waals surface area contributed by atoms with E-state index in [9.17, 15) is 0 Å². The predicted octanol–water partition coefficient (Wildman–Crippen LogP) is 3.09. The molecule has 0 radical (unpaired) electrons. The van der Waals surface area contributed by atoms with Crippen LogP contribution in [0.3, 0.4) is 0 Å². The largest absolute Gasteiger partial charge is 2.00 e. The molecule has 0 heterocycles. The Morgan fingerprint density at radius 1 is 0.789 bits per heavy atom. The molecule has 0 saturated carbocycles. The van der Waals surface area contributed by atoms with E-state index in [1.807, 2.05) is 0 Å². The predicted molar refractivity (Wildman–Crippen MR) is 81.1 cm³/mol. The van der Waals surface area contributed by atoms with Gasteiger partial charge in [0.05, 0.1) is 0 Å². The van der Waals surface area contributed by atoms with Gasteiger partial charge in [-0.05, 0) is 6.42 Å². The zero-order valence-corrected chi connectivity index (χ0v) is 14.3. The van der Waals surface area contributed by atoms with Crippen LogP contribution in [-0.4, -0.2) is 52.3 Å². The fourth-order valence-corrected chi connectivity index (χ4v) is 1.60. The Bertz CT molecular complexity index is 236. The second-order valence-corrected chi connectivity index (χ2v) is 5.25. The minimum Gasteiger partial charge on any atom is -1.00 e. The van der Waals surface area contributed by atoms with E-state index in [1.165, 1.54) is 57.8 Å². The molecule has 0 aromatic rings. The quantitative estimate of drug-likeness (QED) is 0.327. The van der Waals surface area contributed by atoms with Gasteiger partial charge in [-0.3, -0.25) is 9.11 Å². The van der Waals surface area contributed by atoms with Crippen LogP contribution in [0, 0.1) is 0 Å². The van der Waals surface area contributed by atoms with E-state index in [1.54, 1.807) is 0 Å². The first-order chi connectivity index (χ1) is 8.41. The first-order valence-electron chi connectivity index (χ1n) is 6.72. The first-order valence-corrected chi connectivity index (χ1v) is 8.12. The maximum absolute atomic E-state index is 8.74. The average molecular weight is 311 g/mol. The Hall–Kier alpha value is 0.596. The molecule has 0 aliphatic carbocycles. The maximum atomic E-state index is 8.74. The molecule has 19 heavy (non-hydrogen) atoms. The van der Waals surface area contributed by atoms with Crippen LogP contribution in [0.2, 0.25) is 0 Å². The van der Waals surface area contributed by atoms with Crippen molar-refractivity contribution in [1.29, 1.82) is 0 Å². The Morgan fingerprint density at radius 2 is 1.05 bits per heavy atom. The van der Waals surface area contributed by atoms with Crippen molar-refractivity contribution in [2.45, 2.75) is 71.1 Å². The summed E-state index contributed by atoms with van der Waals surface area (Å²) in [6.07, 6.45) is 13.3. The van der Waals surface area contributed by atoms with Crippen molar-refractivity contribution < 1.29 is 25.5 Å². The third kappa shape index (κ3) is 45.6. The van der Waals surface area contributed by atoms with Gasteiger partial charge in [-0.15, -0.1) is 0 Å². The number of rotatable bonds is 10. The number of aliphatic hydroxyl groups is 1. The van der Waals surface area contributed by atoms with Crippen LogP contribution >= 0.6 is 0 Å². The van der Waals surface area contributed by atoms with Gasteiger partial charge in [-0.1, -0.05) is 64.7 Å². The molecular weight excluding hydrogens is 280 g/mol. The topological polar surface area (TPSA) is 94.8 Å². The zero-order valence-electron chi connectivity index (χ0n) is 14.1. The van der Waals surface area contributed by atoms with Crippen molar-refractivity contribution in [3.8, 4) is 0 Å². The van der Waals surface area contributed by atoms with E-state index in [2.05, 4.69) is 6.92 Å². The maximum Gasteiger partial charge on any atom is 2.00 e. The molecule has 0 spiro atoms. The molecule has 0 unspecified atom stereocenters. The van der Waals surface area contributed by atoms with E-state index < -0.39 is 10.4 Å². The van der Waals surface area contributed by atoms with Gasteiger partial charge in [0, 0.05) is 6.61 Å². The van der Waals surface area contributed by atoms with Crippen LogP contribution in [0.5, 0.6) is 0 Å². The molecule has 0 bridgehead atoms. The summed E-state index contributed by atoms with van der Waals surface area (Å²) in [4.78, 5) is 0. The molecule has 3 N–H and O–H groups in total. The fraction of sp³-hybridized carbons (Fsp3) is 1.00. The molecule has 7 heteroatoms. The summed E-state index contributed by atoms with van der Waals surface area (Å²) in [6, 6.07) is 0. The average Bonchev–Trinajstić information content (AvgIpc) is 2.25. The molecule has 116 valence electrons. The first kappa shape index (κ1) is 24.6. The van der Waals surface area contributed by atoms with Crippen molar-refractivity contribution in [3.05, 3.63) is 0 Å². The molecule has 0 rings (SSSR count). The van der Waals surface area contributed by atoms with Gasteiger partial charge in [0.2, 0.25) is 0 Å². The van der Waals surface area contributed by atoms with E-state index in [0.717, 1.165) is 6.42 Å². The van der Waals surface area contributed by atoms with Crippen LogP contribution in [0.1, 0.15) is 74.0 Å². The normalized spacial score (nSPS) is 10.3. The fourth-order valence-electron chi connectivity index (χ4n) is 1.60. The van der Waals surface area contributed by atoms with Crippen LogP contribution in [0.15, 0.2) is 0 Å². The SMILES string of the molecule is CCCCCCCCCCCCO.O=S(=O)(O)O.[H-].[H-].[Mg+2]. The second-order valence-electron chi connectivity index (χ2n) is 4.35. The summed E-state index contributed by atoms with van der Waals surface area (Å²) < 4.78 is 31.6. The molecule has 0 aliphatic rings. The Balaban J connectivity index is -0.0000000933. The van der Waals surface area contributed by atoms with E-state index in [0.29, 0.717) is 6.61 Å². The van der Waals surface area contributed by atoms with Gasteiger partial charge in [-0.2, -0.15) is 8.42 Å². The molecule has 5 nitrogen and oxygen atoms in total. The minimum absolute atomic E-state index is 0. The van der Waals surface area contributed by atoms with Gasteiger partial charge in [0.25, 0.3) is 0 Å². The summed E-state index contributed by atoms with van der Waals surface area (Å²) in [5, 5.41) is 8.57. The third-order valence-electron chi connectivity index (χ3n) is 2.51. The standard InChI is InChI=1S/C12H26O.Mg.H2O4S.2H/c1-2-3-4-5-6-7-8-9-10-11-12-13;;1-5(2,3)4;;/h13H,2-12H2,1H3;;(H2,1,2,3,4);;/q;+2;;2*-1. The summed E-state index contributed by atoms with van der Waals surface area (Å²) in [7, 11) is -4.67.